The third kappa shape index (κ3) is 3.21. The lowest BCUT2D eigenvalue weighted by Crippen LogP contribution is -2.41. The van der Waals surface area contributed by atoms with Crippen molar-refractivity contribution in [2.75, 3.05) is 31.2 Å². The summed E-state index contributed by atoms with van der Waals surface area (Å²) < 4.78 is 19.3. The molecule has 0 amide bonds. The molecule has 1 aliphatic rings. The topological polar surface area (TPSA) is 38.5 Å². The van der Waals surface area contributed by atoms with Gasteiger partial charge in [0.05, 0.1) is 5.69 Å². The average Bonchev–Trinajstić information content (AvgIpc) is 2.42. The summed E-state index contributed by atoms with van der Waals surface area (Å²) in [6, 6.07) is 7.34. The average molecular weight is 252 g/mol. The van der Waals surface area contributed by atoms with Crippen LogP contribution in [0.15, 0.2) is 24.3 Å². The Kier molecular flexibility index (Phi) is 4.96. The van der Waals surface area contributed by atoms with Gasteiger partial charge in [-0.3, -0.25) is 0 Å². The molecule has 0 aromatic heterocycles. The van der Waals surface area contributed by atoms with Gasteiger partial charge in [-0.2, -0.15) is 0 Å². The third-order valence-corrected chi connectivity index (χ3v) is 3.40. The Labute approximate surface area is 108 Å². The lowest BCUT2D eigenvalue weighted by Gasteiger charge is -2.36. The molecule has 1 aliphatic heterocycles. The number of nitrogens with two attached hydrogens (primary N) is 1. The van der Waals surface area contributed by atoms with Gasteiger partial charge in [0.15, 0.2) is 0 Å². The number of para-hydroxylation sites is 1. The fraction of sp³-hybridized carbons (Fsp3) is 0.571. The Hall–Kier alpha value is -1.13. The summed E-state index contributed by atoms with van der Waals surface area (Å²) in [5.41, 5.74) is 6.27. The minimum absolute atomic E-state index is 0.152. The zero-order chi connectivity index (χ0) is 12.8. The van der Waals surface area contributed by atoms with Gasteiger partial charge in [-0.25, -0.2) is 4.39 Å². The molecular weight excluding hydrogens is 231 g/mol. The molecule has 0 spiro atoms. The highest BCUT2D eigenvalue weighted by atomic mass is 19.1. The summed E-state index contributed by atoms with van der Waals surface area (Å²) >= 11 is 0. The molecule has 1 saturated heterocycles. The summed E-state index contributed by atoms with van der Waals surface area (Å²) in [4.78, 5) is 2.16. The van der Waals surface area contributed by atoms with Crippen molar-refractivity contribution < 1.29 is 9.13 Å². The fourth-order valence-corrected chi connectivity index (χ4v) is 2.44. The first-order chi connectivity index (χ1) is 8.83. The minimum atomic E-state index is -0.152. The number of hydrogen-bond acceptors (Lipinski definition) is 3. The molecule has 1 heterocycles. The first-order valence-corrected chi connectivity index (χ1v) is 6.62. The summed E-state index contributed by atoms with van der Waals surface area (Å²) in [6.07, 6.45) is 2.80. The van der Waals surface area contributed by atoms with E-state index in [9.17, 15) is 4.39 Å². The summed E-state index contributed by atoms with van der Waals surface area (Å²) in [5.74, 6) is -0.152. The Bertz CT molecular complexity index is 367. The minimum Gasteiger partial charge on any atom is -0.381 e. The van der Waals surface area contributed by atoms with Gasteiger partial charge in [-0.05, 0) is 37.9 Å². The number of nitrogens with zero attached hydrogens (tertiary/aromatic N) is 1. The van der Waals surface area contributed by atoms with E-state index in [1.807, 2.05) is 12.1 Å². The van der Waals surface area contributed by atoms with Crippen molar-refractivity contribution in [2.45, 2.75) is 25.3 Å². The lowest BCUT2D eigenvalue weighted by atomic mass is 10.1. The van der Waals surface area contributed by atoms with Crippen LogP contribution in [0.25, 0.3) is 0 Å². The van der Waals surface area contributed by atoms with E-state index in [2.05, 4.69) is 4.90 Å². The molecule has 0 atom stereocenters. The van der Waals surface area contributed by atoms with Crippen molar-refractivity contribution in [3.8, 4) is 0 Å². The second-order valence-electron chi connectivity index (χ2n) is 4.63. The molecule has 0 unspecified atom stereocenters. The monoisotopic (exact) mass is 252 g/mol. The molecule has 1 aromatic carbocycles. The number of rotatable bonds is 5. The molecule has 18 heavy (non-hydrogen) atoms. The number of benzene rings is 1. The molecule has 1 fully saturated rings. The van der Waals surface area contributed by atoms with Crippen LogP contribution in [0.4, 0.5) is 10.1 Å². The SMILES string of the molecule is NCCCN(c1ccccc1F)C1CCOCC1. The molecule has 3 nitrogen and oxygen atoms in total. The highest BCUT2D eigenvalue weighted by Crippen LogP contribution is 2.25. The highest BCUT2D eigenvalue weighted by Gasteiger charge is 2.23. The molecule has 0 radical (unpaired) electrons. The van der Waals surface area contributed by atoms with Gasteiger partial charge < -0.3 is 15.4 Å². The summed E-state index contributed by atoms with van der Waals surface area (Å²) in [6.45, 7) is 2.97. The van der Waals surface area contributed by atoms with Crippen molar-refractivity contribution in [1.82, 2.24) is 0 Å². The van der Waals surface area contributed by atoms with Crippen LogP contribution in [-0.2, 0) is 4.74 Å². The number of ether oxygens (including phenoxy) is 1. The van der Waals surface area contributed by atoms with E-state index in [-0.39, 0.29) is 5.82 Å². The van der Waals surface area contributed by atoms with E-state index >= 15 is 0 Å². The smallest absolute Gasteiger partial charge is 0.146 e. The Balaban J connectivity index is 2.15. The van der Waals surface area contributed by atoms with Gasteiger partial charge in [0.25, 0.3) is 0 Å². The van der Waals surface area contributed by atoms with Crippen molar-refractivity contribution >= 4 is 5.69 Å². The van der Waals surface area contributed by atoms with E-state index < -0.39 is 0 Å². The molecule has 0 aliphatic carbocycles. The fourth-order valence-electron chi connectivity index (χ4n) is 2.44. The maximum atomic E-state index is 13.9. The lowest BCUT2D eigenvalue weighted by molar-refractivity contribution is 0.0842. The predicted octanol–water partition coefficient (Wildman–Crippen LogP) is 2.16. The van der Waals surface area contributed by atoms with Gasteiger partial charge >= 0.3 is 0 Å². The summed E-state index contributed by atoms with van der Waals surface area (Å²) in [7, 11) is 0. The van der Waals surface area contributed by atoms with Crippen LogP contribution in [0.1, 0.15) is 19.3 Å². The van der Waals surface area contributed by atoms with Gasteiger partial charge in [0, 0.05) is 25.8 Å². The van der Waals surface area contributed by atoms with Crippen LogP contribution in [0.3, 0.4) is 0 Å². The zero-order valence-electron chi connectivity index (χ0n) is 10.6. The quantitative estimate of drug-likeness (QED) is 0.872. The van der Waals surface area contributed by atoms with Crippen molar-refractivity contribution in [3.63, 3.8) is 0 Å². The molecular formula is C14H21FN2O. The second-order valence-corrected chi connectivity index (χ2v) is 4.63. The molecule has 0 bridgehead atoms. The maximum Gasteiger partial charge on any atom is 0.146 e. The molecule has 2 rings (SSSR count). The Morgan fingerprint density at radius 3 is 2.67 bits per heavy atom. The van der Waals surface area contributed by atoms with E-state index in [0.29, 0.717) is 18.3 Å². The van der Waals surface area contributed by atoms with E-state index in [4.69, 9.17) is 10.5 Å². The van der Waals surface area contributed by atoms with Crippen LogP contribution in [0.2, 0.25) is 0 Å². The van der Waals surface area contributed by atoms with Crippen molar-refractivity contribution in [3.05, 3.63) is 30.1 Å². The Morgan fingerprint density at radius 2 is 2.00 bits per heavy atom. The van der Waals surface area contributed by atoms with E-state index in [1.165, 1.54) is 6.07 Å². The number of halogens is 1. The van der Waals surface area contributed by atoms with Crippen LogP contribution in [-0.4, -0.2) is 32.3 Å². The number of hydrogen-bond donors (Lipinski definition) is 1. The Morgan fingerprint density at radius 1 is 1.28 bits per heavy atom. The standard InChI is InChI=1S/C14H21FN2O/c15-13-4-1-2-5-14(13)17(9-3-8-16)12-6-10-18-11-7-12/h1-2,4-5,12H,3,6-11,16H2. The molecule has 0 saturated carbocycles. The van der Waals surface area contributed by atoms with Crippen LogP contribution < -0.4 is 10.6 Å². The van der Waals surface area contributed by atoms with Crippen LogP contribution >= 0.6 is 0 Å². The van der Waals surface area contributed by atoms with E-state index in [1.54, 1.807) is 6.07 Å². The van der Waals surface area contributed by atoms with Gasteiger partial charge in [0.2, 0.25) is 0 Å². The van der Waals surface area contributed by atoms with Crippen LogP contribution in [0, 0.1) is 5.82 Å². The van der Waals surface area contributed by atoms with Crippen LogP contribution in [0.5, 0.6) is 0 Å². The molecule has 4 heteroatoms. The number of anilines is 1. The van der Waals surface area contributed by atoms with E-state index in [0.717, 1.165) is 39.0 Å². The predicted molar refractivity (Wildman–Crippen MR) is 71.3 cm³/mol. The van der Waals surface area contributed by atoms with Gasteiger partial charge in [-0.15, -0.1) is 0 Å². The first kappa shape index (κ1) is 13.3. The van der Waals surface area contributed by atoms with Crippen molar-refractivity contribution in [2.24, 2.45) is 5.73 Å². The van der Waals surface area contributed by atoms with Gasteiger partial charge in [-0.1, -0.05) is 12.1 Å². The summed E-state index contributed by atoms with van der Waals surface area (Å²) in [5, 5.41) is 0. The largest absolute Gasteiger partial charge is 0.381 e. The molecule has 100 valence electrons. The van der Waals surface area contributed by atoms with Crippen molar-refractivity contribution in [1.29, 1.82) is 0 Å². The normalized spacial score (nSPS) is 16.8. The second kappa shape index (κ2) is 6.71. The maximum absolute atomic E-state index is 13.9. The molecule has 2 N–H and O–H groups in total. The third-order valence-electron chi connectivity index (χ3n) is 3.40. The zero-order valence-corrected chi connectivity index (χ0v) is 10.6. The van der Waals surface area contributed by atoms with Gasteiger partial charge in [0.1, 0.15) is 5.82 Å². The molecule has 1 aromatic rings. The highest BCUT2D eigenvalue weighted by molar-refractivity contribution is 5.48. The first-order valence-electron chi connectivity index (χ1n) is 6.62.